The number of rotatable bonds is 7. The second-order valence-corrected chi connectivity index (χ2v) is 11.7. The average Bonchev–Trinajstić information content (AvgIpc) is 2.81. The minimum absolute atomic E-state index is 0.0115. The highest BCUT2D eigenvalue weighted by molar-refractivity contribution is 7.89. The first-order valence-electron chi connectivity index (χ1n) is 11.7. The Morgan fingerprint density at radius 1 is 1.09 bits per heavy atom. The van der Waals surface area contributed by atoms with Crippen LogP contribution in [0, 0.1) is 5.92 Å². The van der Waals surface area contributed by atoms with E-state index < -0.39 is 10.0 Å². The van der Waals surface area contributed by atoms with E-state index in [-0.39, 0.29) is 10.9 Å². The molecule has 1 saturated heterocycles. The topological polar surface area (TPSA) is 65.5 Å². The van der Waals surface area contributed by atoms with Crippen LogP contribution in [0.5, 0.6) is 0 Å². The van der Waals surface area contributed by atoms with Gasteiger partial charge in [0.1, 0.15) is 4.90 Å². The normalized spacial score (nSPS) is 24.7. The maximum Gasteiger partial charge on any atom is 0.242 e. The monoisotopic (exact) mass is 510 g/mol. The number of aromatic nitrogens is 1. The molecule has 2 fully saturated rings. The molecule has 1 aliphatic heterocycles. The zero-order valence-electron chi connectivity index (χ0n) is 19.0. The molecule has 2 aliphatic rings. The fraction of sp³-hybridized carbons (Fsp3) is 0.542. The number of nitrogens with zero attached hydrogens (tertiary/aromatic N) is 3. The predicted molar refractivity (Wildman–Crippen MR) is 135 cm³/mol. The Morgan fingerprint density at radius 3 is 2.58 bits per heavy atom. The van der Waals surface area contributed by atoms with Crippen molar-refractivity contribution in [2.24, 2.45) is 5.92 Å². The van der Waals surface area contributed by atoms with E-state index in [1.807, 2.05) is 18.2 Å². The van der Waals surface area contributed by atoms with Gasteiger partial charge in [-0.1, -0.05) is 29.3 Å². The Hall–Kier alpha value is -1.38. The van der Waals surface area contributed by atoms with Crippen molar-refractivity contribution in [3.05, 3.63) is 52.8 Å². The summed E-state index contributed by atoms with van der Waals surface area (Å²) in [6, 6.07) is 9.44. The molecule has 1 aromatic carbocycles. The average molecular weight is 512 g/mol. The highest BCUT2D eigenvalue weighted by Crippen LogP contribution is 2.34. The summed E-state index contributed by atoms with van der Waals surface area (Å²) >= 11 is 12.7. The SMILES string of the molecule is C[C@@H]1CN(CC[C@H]2CC[C@H](NS(=O)(=O)c3cccnc3)CC2)CCN1c1cccc(Cl)c1Cl. The van der Waals surface area contributed by atoms with Gasteiger partial charge in [0.05, 0.1) is 15.7 Å². The van der Waals surface area contributed by atoms with Crippen molar-refractivity contribution in [3.63, 3.8) is 0 Å². The number of hydrogen-bond donors (Lipinski definition) is 1. The Labute approximate surface area is 207 Å². The van der Waals surface area contributed by atoms with Gasteiger partial charge in [-0.15, -0.1) is 0 Å². The van der Waals surface area contributed by atoms with E-state index in [1.165, 1.54) is 6.20 Å². The van der Waals surface area contributed by atoms with Gasteiger partial charge in [0, 0.05) is 44.1 Å². The summed E-state index contributed by atoms with van der Waals surface area (Å²) in [5, 5.41) is 1.23. The van der Waals surface area contributed by atoms with Crippen LogP contribution in [0.15, 0.2) is 47.6 Å². The third-order valence-corrected chi connectivity index (χ3v) is 9.23. The fourth-order valence-corrected chi connectivity index (χ4v) is 6.71. The van der Waals surface area contributed by atoms with Crippen LogP contribution >= 0.6 is 23.2 Å². The summed E-state index contributed by atoms with van der Waals surface area (Å²) in [6.07, 6.45) is 8.05. The molecule has 6 nitrogen and oxygen atoms in total. The zero-order valence-corrected chi connectivity index (χ0v) is 21.3. The molecule has 0 radical (unpaired) electrons. The Balaban J connectivity index is 1.21. The molecule has 1 aliphatic carbocycles. The molecule has 1 atom stereocenters. The highest BCUT2D eigenvalue weighted by Gasteiger charge is 2.28. The number of halogens is 2. The number of sulfonamides is 1. The van der Waals surface area contributed by atoms with Crippen LogP contribution in [-0.2, 0) is 10.0 Å². The maximum atomic E-state index is 12.5. The maximum absolute atomic E-state index is 12.5. The van der Waals surface area contributed by atoms with Crippen LogP contribution in [0.25, 0.3) is 0 Å². The number of pyridine rings is 1. The molecule has 9 heteroatoms. The van der Waals surface area contributed by atoms with Crippen molar-refractivity contribution in [3.8, 4) is 0 Å². The van der Waals surface area contributed by atoms with Gasteiger partial charge in [0.15, 0.2) is 0 Å². The van der Waals surface area contributed by atoms with Crippen LogP contribution in [-0.4, -0.2) is 56.6 Å². The lowest BCUT2D eigenvalue weighted by Crippen LogP contribution is -2.52. The first-order valence-corrected chi connectivity index (χ1v) is 13.9. The summed E-state index contributed by atoms with van der Waals surface area (Å²) in [5.41, 5.74) is 1.02. The number of benzene rings is 1. The minimum atomic E-state index is -3.49. The van der Waals surface area contributed by atoms with E-state index in [9.17, 15) is 8.42 Å². The summed E-state index contributed by atoms with van der Waals surface area (Å²) in [7, 11) is -3.49. The molecule has 1 saturated carbocycles. The molecule has 0 amide bonds. The molecule has 0 spiro atoms. The van der Waals surface area contributed by atoms with Crippen LogP contribution in [0.4, 0.5) is 5.69 Å². The van der Waals surface area contributed by atoms with E-state index in [1.54, 1.807) is 18.3 Å². The fourth-order valence-electron chi connectivity index (χ4n) is 5.04. The van der Waals surface area contributed by atoms with E-state index in [0.717, 1.165) is 64.0 Å². The quantitative estimate of drug-likeness (QED) is 0.577. The number of hydrogen-bond acceptors (Lipinski definition) is 5. The molecule has 1 aromatic heterocycles. The molecule has 4 rings (SSSR count). The Bertz CT molecular complexity index is 1030. The molecule has 33 heavy (non-hydrogen) atoms. The number of anilines is 1. The van der Waals surface area contributed by atoms with Crippen LogP contribution < -0.4 is 9.62 Å². The third-order valence-electron chi connectivity index (χ3n) is 6.92. The molecule has 2 heterocycles. The van der Waals surface area contributed by atoms with Crippen LogP contribution in [0.3, 0.4) is 0 Å². The van der Waals surface area contributed by atoms with Crippen molar-refractivity contribution in [2.45, 2.75) is 56.0 Å². The lowest BCUT2D eigenvalue weighted by Gasteiger charge is -2.42. The lowest BCUT2D eigenvalue weighted by molar-refractivity contribution is 0.197. The summed E-state index contributed by atoms with van der Waals surface area (Å²) in [5.74, 6) is 0.653. The molecule has 0 unspecified atom stereocenters. The van der Waals surface area contributed by atoms with Crippen molar-refractivity contribution in [1.29, 1.82) is 0 Å². The van der Waals surface area contributed by atoms with Gasteiger partial charge in [-0.2, -0.15) is 0 Å². The Kier molecular flexibility index (Phi) is 8.18. The molecular weight excluding hydrogens is 479 g/mol. The zero-order chi connectivity index (χ0) is 23.4. The summed E-state index contributed by atoms with van der Waals surface area (Å²) in [4.78, 5) is 9.05. The first-order chi connectivity index (χ1) is 15.8. The van der Waals surface area contributed by atoms with Crippen LogP contribution in [0.1, 0.15) is 39.0 Å². The number of nitrogens with one attached hydrogen (secondary N) is 1. The van der Waals surface area contributed by atoms with Crippen molar-refractivity contribution < 1.29 is 8.42 Å². The molecular formula is C24H32Cl2N4O2S. The van der Waals surface area contributed by atoms with Gasteiger partial charge >= 0.3 is 0 Å². The van der Waals surface area contributed by atoms with E-state index in [0.29, 0.717) is 22.0 Å². The van der Waals surface area contributed by atoms with Crippen LogP contribution in [0.2, 0.25) is 10.0 Å². The van der Waals surface area contributed by atoms with Gasteiger partial charge in [-0.25, -0.2) is 13.1 Å². The largest absolute Gasteiger partial charge is 0.365 e. The van der Waals surface area contributed by atoms with Gasteiger partial charge in [0.2, 0.25) is 10.0 Å². The van der Waals surface area contributed by atoms with E-state index in [4.69, 9.17) is 23.2 Å². The minimum Gasteiger partial charge on any atom is -0.365 e. The second-order valence-electron chi connectivity index (χ2n) is 9.23. The van der Waals surface area contributed by atoms with Crippen molar-refractivity contribution >= 4 is 38.9 Å². The summed E-state index contributed by atoms with van der Waals surface area (Å²) in [6.45, 7) is 6.27. The molecule has 0 bridgehead atoms. The van der Waals surface area contributed by atoms with Gasteiger partial charge < -0.3 is 4.90 Å². The van der Waals surface area contributed by atoms with Gasteiger partial charge in [0.25, 0.3) is 0 Å². The second kappa shape index (κ2) is 10.9. The summed E-state index contributed by atoms with van der Waals surface area (Å²) < 4.78 is 27.9. The van der Waals surface area contributed by atoms with Crippen molar-refractivity contribution in [1.82, 2.24) is 14.6 Å². The van der Waals surface area contributed by atoms with E-state index >= 15 is 0 Å². The predicted octanol–water partition coefficient (Wildman–Crippen LogP) is 4.83. The van der Waals surface area contributed by atoms with Gasteiger partial charge in [-0.05, 0) is 75.8 Å². The lowest BCUT2D eigenvalue weighted by atomic mass is 9.84. The third kappa shape index (κ3) is 6.20. The molecule has 1 N–H and O–H groups in total. The first kappa shape index (κ1) is 24.7. The van der Waals surface area contributed by atoms with Gasteiger partial charge in [-0.3, -0.25) is 9.88 Å². The van der Waals surface area contributed by atoms with Crippen molar-refractivity contribution in [2.75, 3.05) is 31.1 Å². The standard InChI is InChI=1S/C24H32Cl2N4O2S/c1-18-17-29(14-15-30(18)23-6-2-5-22(25)24(23)26)13-11-19-7-9-20(10-8-19)28-33(31,32)21-4-3-12-27-16-21/h2-6,12,16,18-20,28H,7-11,13-15,17H2,1H3/t18-,19-,20-/m1/s1. The highest BCUT2D eigenvalue weighted by atomic mass is 35.5. The molecule has 180 valence electrons. The Morgan fingerprint density at radius 2 is 1.88 bits per heavy atom. The van der Waals surface area contributed by atoms with E-state index in [2.05, 4.69) is 26.4 Å². The number of piperazine rings is 1. The smallest absolute Gasteiger partial charge is 0.242 e. The molecule has 2 aromatic rings.